The van der Waals surface area contributed by atoms with E-state index in [4.69, 9.17) is 9.47 Å². The Bertz CT molecular complexity index is 985. The number of nitrogens with one attached hydrogen (secondary N) is 1. The highest BCUT2D eigenvalue weighted by molar-refractivity contribution is 7.89. The van der Waals surface area contributed by atoms with Crippen molar-refractivity contribution in [3.63, 3.8) is 0 Å². The lowest BCUT2D eigenvalue weighted by Crippen LogP contribution is -2.30. The van der Waals surface area contributed by atoms with Gasteiger partial charge in [-0.25, -0.2) is 13.2 Å². The van der Waals surface area contributed by atoms with Crippen LogP contribution in [0.4, 0.5) is 5.69 Å². The predicted molar refractivity (Wildman–Crippen MR) is 118 cm³/mol. The number of benzene rings is 2. The van der Waals surface area contributed by atoms with Crippen LogP contribution in [0.3, 0.4) is 0 Å². The number of ether oxygens (including phenoxy) is 2. The van der Waals surface area contributed by atoms with Crippen LogP contribution in [0.5, 0.6) is 5.75 Å². The fourth-order valence-corrected chi connectivity index (χ4v) is 4.27. The van der Waals surface area contributed by atoms with Crippen LogP contribution >= 0.6 is 0 Å². The molecule has 9 heteroatoms. The average molecular weight is 449 g/mol. The first-order chi connectivity index (χ1) is 14.8. The van der Waals surface area contributed by atoms with Crippen molar-refractivity contribution in [3.8, 4) is 5.75 Å². The van der Waals surface area contributed by atoms with Gasteiger partial charge in [0.25, 0.3) is 5.91 Å². The van der Waals surface area contributed by atoms with E-state index >= 15 is 0 Å². The first kappa shape index (κ1) is 24.4. The van der Waals surface area contributed by atoms with Gasteiger partial charge in [0.05, 0.1) is 17.1 Å². The standard InChI is InChI=1S/C22H28N2O6S/c1-4-14-29-19-12-10-17(11-13-19)22(26)30-16-21(25)23-18-8-7-9-20(15-18)31(27,28)24(5-2)6-3/h7-13,15H,4-6,14,16H2,1-3H3,(H,23,25). The first-order valence-corrected chi connectivity index (χ1v) is 11.6. The third kappa shape index (κ3) is 6.80. The van der Waals surface area contributed by atoms with Crippen LogP contribution in [0.25, 0.3) is 0 Å². The van der Waals surface area contributed by atoms with E-state index in [0.717, 1.165) is 6.42 Å². The van der Waals surface area contributed by atoms with Crippen LogP contribution in [0.2, 0.25) is 0 Å². The minimum Gasteiger partial charge on any atom is -0.494 e. The third-order valence-electron chi connectivity index (χ3n) is 4.36. The number of carbonyl (C=O) groups excluding carboxylic acids is 2. The Labute approximate surface area is 183 Å². The van der Waals surface area contributed by atoms with Crippen molar-refractivity contribution in [2.45, 2.75) is 32.1 Å². The summed E-state index contributed by atoms with van der Waals surface area (Å²) in [6.07, 6.45) is 0.878. The van der Waals surface area contributed by atoms with Gasteiger partial charge in [-0.1, -0.05) is 26.8 Å². The molecule has 8 nitrogen and oxygen atoms in total. The van der Waals surface area contributed by atoms with Crippen molar-refractivity contribution in [1.82, 2.24) is 4.31 Å². The molecule has 168 valence electrons. The summed E-state index contributed by atoms with van der Waals surface area (Å²) in [6.45, 7) is 6.28. The van der Waals surface area contributed by atoms with E-state index in [1.165, 1.54) is 16.4 Å². The summed E-state index contributed by atoms with van der Waals surface area (Å²) >= 11 is 0. The maximum atomic E-state index is 12.6. The Hall–Kier alpha value is -2.91. The number of nitrogens with zero attached hydrogens (tertiary/aromatic N) is 1. The summed E-state index contributed by atoms with van der Waals surface area (Å²) in [7, 11) is -3.64. The van der Waals surface area contributed by atoms with Gasteiger partial charge in [-0.2, -0.15) is 4.31 Å². The summed E-state index contributed by atoms with van der Waals surface area (Å²) in [6, 6.07) is 12.4. The SMILES string of the molecule is CCCOc1ccc(C(=O)OCC(=O)Nc2cccc(S(=O)(=O)N(CC)CC)c2)cc1. The summed E-state index contributed by atoms with van der Waals surface area (Å²) in [5, 5.41) is 2.55. The van der Waals surface area contributed by atoms with Gasteiger partial charge in [0.15, 0.2) is 6.61 Å². The Kier molecular flexibility index (Phi) is 9.02. The smallest absolute Gasteiger partial charge is 0.338 e. The lowest BCUT2D eigenvalue weighted by atomic mass is 10.2. The second-order valence-electron chi connectivity index (χ2n) is 6.61. The predicted octanol–water partition coefficient (Wildman–Crippen LogP) is 3.30. The number of hydrogen-bond acceptors (Lipinski definition) is 6. The van der Waals surface area contributed by atoms with Crippen LogP contribution in [0.15, 0.2) is 53.4 Å². The van der Waals surface area contributed by atoms with Crippen molar-refractivity contribution in [3.05, 3.63) is 54.1 Å². The molecule has 0 atom stereocenters. The molecule has 0 radical (unpaired) electrons. The molecule has 0 spiro atoms. The minimum atomic E-state index is -3.64. The van der Waals surface area contributed by atoms with Gasteiger partial charge in [-0.15, -0.1) is 0 Å². The monoisotopic (exact) mass is 448 g/mol. The highest BCUT2D eigenvalue weighted by Crippen LogP contribution is 2.19. The molecule has 0 bridgehead atoms. The van der Waals surface area contributed by atoms with Gasteiger partial charge in [0.1, 0.15) is 5.75 Å². The van der Waals surface area contributed by atoms with E-state index < -0.39 is 28.5 Å². The quantitative estimate of drug-likeness (QED) is 0.529. The normalized spacial score (nSPS) is 11.2. The molecule has 0 saturated heterocycles. The molecular formula is C22H28N2O6S. The van der Waals surface area contributed by atoms with E-state index in [1.807, 2.05) is 6.92 Å². The van der Waals surface area contributed by atoms with Crippen molar-refractivity contribution in [2.24, 2.45) is 0 Å². The molecule has 2 aromatic carbocycles. The topological polar surface area (TPSA) is 102 Å². The van der Waals surface area contributed by atoms with Gasteiger partial charge in [-0.3, -0.25) is 4.79 Å². The molecule has 1 N–H and O–H groups in total. The molecule has 0 aliphatic heterocycles. The molecule has 0 heterocycles. The van der Waals surface area contributed by atoms with Gasteiger partial charge >= 0.3 is 5.97 Å². The van der Waals surface area contributed by atoms with Crippen LogP contribution in [0.1, 0.15) is 37.6 Å². The zero-order valence-corrected chi connectivity index (χ0v) is 18.8. The average Bonchev–Trinajstić information content (AvgIpc) is 2.77. The highest BCUT2D eigenvalue weighted by Gasteiger charge is 2.22. The number of carbonyl (C=O) groups is 2. The fourth-order valence-electron chi connectivity index (χ4n) is 2.77. The molecule has 0 unspecified atom stereocenters. The lowest BCUT2D eigenvalue weighted by molar-refractivity contribution is -0.119. The molecule has 0 aliphatic rings. The summed E-state index contributed by atoms with van der Waals surface area (Å²) < 4.78 is 37.1. The molecule has 31 heavy (non-hydrogen) atoms. The van der Waals surface area contributed by atoms with Crippen LogP contribution < -0.4 is 10.1 Å². The zero-order chi connectivity index (χ0) is 22.9. The Morgan fingerprint density at radius 1 is 1.00 bits per heavy atom. The maximum absolute atomic E-state index is 12.6. The second-order valence-corrected chi connectivity index (χ2v) is 8.55. The van der Waals surface area contributed by atoms with E-state index in [0.29, 0.717) is 36.7 Å². The molecule has 2 aromatic rings. The number of anilines is 1. The summed E-state index contributed by atoms with van der Waals surface area (Å²) in [5.74, 6) is -0.570. The molecule has 1 amide bonds. The van der Waals surface area contributed by atoms with E-state index in [9.17, 15) is 18.0 Å². The molecular weight excluding hydrogens is 420 g/mol. The number of rotatable bonds is 11. The first-order valence-electron chi connectivity index (χ1n) is 10.1. The molecule has 0 fully saturated rings. The Morgan fingerprint density at radius 3 is 2.29 bits per heavy atom. The Balaban J connectivity index is 1.95. The van der Waals surface area contributed by atoms with E-state index in [1.54, 1.807) is 50.2 Å². The lowest BCUT2D eigenvalue weighted by Gasteiger charge is -2.18. The van der Waals surface area contributed by atoms with E-state index in [-0.39, 0.29) is 4.90 Å². The van der Waals surface area contributed by atoms with E-state index in [2.05, 4.69) is 5.32 Å². The Morgan fingerprint density at radius 2 is 1.68 bits per heavy atom. The van der Waals surface area contributed by atoms with Crippen LogP contribution in [-0.2, 0) is 19.6 Å². The van der Waals surface area contributed by atoms with Crippen LogP contribution in [-0.4, -0.2) is 50.9 Å². The number of hydrogen-bond donors (Lipinski definition) is 1. The van der Waals surface area contributed by atoms with Gasteiger partial charge in [-0.05, 0) is 48.9 Å². The highest BCUT2D eigenvalue weighted by atomic mass is 32.2. The van der Waals surface area contributed by atoms with Gasteiger partial charge < -0.3 is 14.8 Å². The fraction of sp³-hybridized carbons (Fsp3) is 0.364. The largest absolute Gasteiger partial charge is 0.494 e. The molecule has 0 aliphatic carbocycles. The van der Waals surface area contributed by atoms with Crippen LogP contribution in [0, 0.1) is 0 Å². The summed E-state index contributed by atoms with van der Waals surface area (Å²) in [4.78, 5) is 24.4. The maximum Gasteiger partial charge on any atom is 0.338 e. The molecule has 2 rings (SSSR count). The van der Waals surface area contributed by atoms with Crippen molar-refractivity contribution in [2.75, 3.05) is 31.6 Å². The van der Waals surface area contributed by atoms with Crippen molar-refractivity contribution >= 4 is 27.6 Å². The number of esters is 1. The third-order valence-corrected chi connectivity index (χ3v) is 6.40. The number of amides is 1. The summed E-state index contributed by atoms with van der Waals surface area (Å²) in [5.41, 5.74) is 0.593. The zero-order valence-electron chi connectivity index (χ0n) is 18.0. The molecule has 0 aromatic heterocycles. The minimum absolute atomic E-state index is 0.0800. The van der Waals surface area contributed by atoms with Crippen molar-refractivity contribution < 1.29 is 27.5 Å². The number of sulfonamides is 1. The second kappa shape index (κ2) is 11.5. The van der Waals surface area contributed by atoms with Gasteiger partial charge in [0, 0.05) is 18.8 Å². The van der Waals surface area contributed by atoms with Gasteiger partial charge in [0.2, 0.25) is 10.0 Å². The molecule has 0 saturated carbocycles. The van der Waals surface area contributed by atoms with Crippen molar-refractivity contribution in [1.29, 1.82) is 0 Å².